The van der Waals surface area contributed by atoms with Crippen LogP contribution in [-0.2, 0) is 17.7 Å². The van der Waals surface area contributed by atoms with E-state index >= 15 is 0 Å². The Morgan fingerprint density at radius 1 is 1.00 bits per heavy atom. The minimum Gasteiger partial charge on any atom is -0.490 e. The van der Waals surface area contributed by atoms with Crippen LogP contribution in [0.4, 0.5) is 5.69 Å². The lowest BCUT2D eigenvalue weighted by Gasteiger charge is -2.40. The first-order chi connectivity index (χ1) is 14.5. The van der Waals surface area contributed by atoms with Crippen molar-refractivity contribution in [1.29, 1.82) is 0 Å². The fraction of sp³-hybridized carbons (Fsp3) is 0.478. The molecule has 2 heterocycles. The fourth-order valence-corrected chi connectivity index (χ4v) is 4.18. The zero-order valence-electron chi connectivity index (χ0n) is 17.0. The summed E-state index contributed by atoms with van der Waals surface area (Å²) in [5.74, 6) is 0.683. The van der Waals surface area contributed by atoms with Crippen LogP contribution in [0.1, 0.15) is 29.7 Å². The van der Waals surface area contributed by atoms with Crippen LogP contribution in [-0.4, -0.2) is 64.6 Å². The van der Waals surface area contributed by atoms with Gasteiger partial charge in [0.15, 0.2) is 0 Å². The smallest absolute Gasteiger partial charge is 0.143 e. The van der Waals surface area contributed by atoms with Gasteiger partial charge in [-0.05, 0) is 35.2 Å². The highest BCUT2D eigenvalue weighted by molar-refractivity contribution is 5.61. The molecule has 4 rings (SSSR count). The van der Waals surface area contributed by atoms with Gasteiger partial charge in [-0.15, -0.1) is 0 Å². The number of aryl methyl sites for hydroxylation is 1. The van der Waals surface area contributed by atoms with Crippen molar-refractivity contribution >= 4 is 5.69 Å². The zero-order valence-corrected chi connectivity index (χ0v) is 17.0. The Morgan fingerprint density at radius 2 is 1.80 bits per heavy atom. The van der Waals surface area contributed by atoms with Crippen LogP contribution < -0.4 is 9.64 Å². The quantitative estimate of drug-likeness (QED) is 0.581. The van der Waals surface area contributed by atoms with Gasteiger partial charge in [0, 0.05) is 6.54 Å². The molecule has 2 aromatic carbocycles. The molecule has 0 unspecified atom stereocenters. The third kappa shape index (κ3) is 4.04. The van der Waals surface area contributed by atoms with Crippen LogP contribution >= 0.6 is 0 Å². The van der Waals surface area contributed by atoms with E-state index in [2.05, 4.69) is 36.1 Å². The normalized spacial score (nSPS) is 28.7. The maximum Gasteiger partial charge on any atom is 0.143 e. The number of anilines is 1. The van der Waals surface area contributed by atoms with Crippen molar-refractivity contribution in [3.63, 3.8) is 0 Å². The minimum atomic E-state index is -1.40. The van der Waals surface area contributed by atoms with E-state index in [0.717, 1.165) is 25.2 Å². The second-order valence-corrected chi connectivity index (χ2v) is 7.92. The Bertz CT molecular complexity index is 873. The summed E-state index contributed by atoms with van der Waals surface area (Å²) in [5, 5.41) is 39.9. The van der Waals surface area contributed by atoms with Gasteiger partial charge < -0.3 is 34.8 Å². The van der Waals surface area contributed by atoms with Gasteiger partial charge >= 0.3 is 0 Å². The molecule has 0 spiro atoms. The van der Waals surface area contributed by atoms with E-state index in [4.69, 9.17) is 9.47 Å². The highest BCUT2D eigenvalue weighted by atomic mass is 16.5. The number of fused-ring (bicyclic) bond motifs is 1. The van der Waals surface area contributed by atoms with Crippen molar-refractivity contribution in [3.05, 3.63) is 59.2 Å². The molecule has 1 fully saturated rings. The van der Waals surface area contributed by atoms with E-state index < -0.39 is 37.1 Å². The van der Waals surface area contributed by atoms with Gasteiger partial charge in [0.1, 0.15) is 42.9 Å². The summed E-state index contributed by atoms with van der Waals surface area (Å²) in [6.07, 6.45) is -4.89. The standard InChI is InChI=1S/C23H29NO6/c1-2-14-4-3-5-15(10-14)12-24-8-9-29-18-11-16(6-7-17(18)24)23-22(28)21(27)20(26)19(13-25)30-23/h3-7,10-11,19-23,25-28H,2,8-9,12-13H2,1H3/t19-,20-,21+,22-,23+/m1/s1. The number of hydrogen-bond donors (Lipinski definition) is 4. The van der Waals surface area contributed by atoms with Crippen molar-refractivity contribution in [1.82, 2.24) is 0 Å². The summed E-state index contributed by atoms with van der Waals surface area (Å²) < 4.78 is 11.5. The molecule has 7 heteroatoms. The molecule has 0 radical (unpaired) electrons. The third-order valence-corrected chi connectivity index (χ3v) is 5.94. The first kappa shape index (κ1) is 21.1. The van der Waals surface area contributed by atoms with E-state index in [1.165, 1.54) is 11.1 Å². The predicted octanol–water partition coefficient (Wildman–Crippen LogP) is 1.16. The van der Waals surface area contributed by atoms with Crippen LogP contribution in [0.15, 0.2) is 42.5 Å². The molecular formula is C23H29NO6. The summed E-state index contributed by atoms with van der Waals surface area (Å²) in [6, 6.07) is 14.1. The SMILES string of the molecule is CCc1cccc(CN2CCOc3cc([C@@H]4O[C@H](CO)[C@@H](O)[C@H](O)[C@H]4O)ccc32)c1. The number of aliphatic hydroxyl groups excluding tert-OH is 4. The van der Waals surface area contributed by atoms with Crippen LogP contribution in [0.25, 0.3) is 0 Å². The molecule has 0 aromatic heterocycles. The predicted molar refractivity (Wildman–Crippen MR) is 112 cm³/mol. The molecule has 0 saturated carbocycles. The van der Waals surface area contributed by atoms with Crippen molar-refractivity contribution < 1.29 is 29.9 Å². The average Bonchev–Trinajstić information content (AvgIpc) is 2.78. The second kappa shape index (κ2) is 8.91. The first-order valence-corrected chi connectivity index (χ1v) is 10.4. The Balaban J connectivity index is 1.57. The largest absolute Gasteiger partial charge is 0.490 e. The number of ether oxygens (including phenoxy) is 2. The summed E-state index contributed by atoms with van der Waals surface area (Å²) >= 11 is 0. The van der Waals surface area contributed by atoms with Gasteiger partial charge in [0.25, 0.3) is 0 Å². The van der Waals surface area contributed by atoms with Crippen LogP contribution in [0.3, 0.4) is 0 Å². The lowest BCUT2D eigenvalue weighted by Crippen LogP contribution is -2.55. The Labute approximate surface area is 176 Å². The molecule has 2 aromatic rings. The molecular weight excluding hydrogens is 386 g/mol. The third-order valence-electron chi connectivity index (χ3n) is 5.94. The Morgan fingerprint density at radius 3 is 2.57 bits per heavy atom. The van der Waals surface area contributed by atoms with Crippen LogP contribution in [0.5, 0.6) is 5.75 Å². The van der Waals surface area contributed by atoms with E-state index in [9.17, 15) is 20.4 Å². The van der Waals surface area contributed by atoms with Gasteiger partial charge in [-0.1, -0.05) is 37.3 Å². The van der Waals surface area contributed by atoms with Crippen molar-refractivity contribution in [3.8, 4) is 5.75 Å². The maximum absolute atomic E-state index is 10.4. The van der Waals surface area contributed by atoms with Gasteiger partial charge in [0.05, 0.1) is 18.8 Å². The highest BCUT2D eigenvalue weighted by Gasteiger charge is 2.44. The summed E-state index contributed by atoms with van der Waals surface area (Å²) in [4.78, 5) is 2.25. The van der Waals surface area contributed by atoms with Gasteiger partial charge in [-0.3, -0.25) is 0 Å². The summed E-state index contributed by atoms with van der Waals surface area (Å²) in [6.45, 7) is 3.77. The summed E-state index contributed by atoms with van der Waals surface area (Å²) in [7, 11) is 0. The highest BCUT2D eigenvalue weighted by Crippen LogP contribution is 2.39. The van der Waals surface area contributed by atoms with Gasteiger partial charge in [-0.2, -0.15) is 0 Å². The van der Waals surface area contributed by atoms with Crippen LogP contribution in [0.2, 0.25) is 0 Å². The number of hydrogen-bond acceptors (Lipinski definition) is 7. The molecule has 2 aliphatic heterocycles. The maximum atomic E-state index is 10.4. The summed E-state index contributed by atoms with van der Waals surface area (Å²) in [5.41, 5.74) is 4.12. The number of benzene rings is 2. The van der Waals surface area contributed by atoms with E-state index in [1.807, 2.05) is 12.1 Å². The molecule has 0 aliphatic carbocycles. The molecule has 30 heavy (non-hydrogen) atoms. The van der Waals surface area contributed by atoms with Gasteiger partial charge in [-0.25, -0.2) is 0 Å². The van der Waals surface area contributed by atoms with Crippen molar-refractivity contribution in [2.24, 2.45) is 0 Å². The molecule has 1 saturated heterocycles. The molecule has 4 N–H and O–H groups in total. The lowest BCUT2D eigenvalue weighted by molar-refractivity contribution is -0.231. The number of nitrogens with zero attached hydrogens (tertiary/aromatic N) is 1. The molecule has 5 atom stereocenters. The first-order valence-electron chi connectivity index (χ1n) is 10.4. The second-order valence-electron chi connectivity index (χ2n) is 7.92. The average molecular weight is 415 g/mol. The van der Waals surface area contributed by atoms with E-state index in [-0.39, 0.29) is 0 Å². The van der Waals surface area contributed by atoms with Crippen molar-refractivity contribution in [2.45, 2.75) is 50.4 Å². The van der Waals surface area contributed by atoms with Crippen LogP contribution in [0, 0.1) is 0 Å². The van der Waals surface area contributed by atoms with E-state index in [1.54, 1.807) is 6.07 Å². The fourth-order valence-electron chi connectivity index (χ4n) is 4.18. The lowest BCUT2D eigenvalue weighted by atomic mass is 9.91. The number of rotatable bonds is 5. The zero-order chi connectivity index (χ0) is 21.3. The molecule has 7 nitrogen and oxygen atoms in total. The number of aliphatic hydroxyl groups is 4. The molecule has 0 bridgehead atoms. The molecule has 2 aliphatic rings. The van der Waals surface area contributed by atoms with Gasteiger partial charge in [0.2, 0.25) is 0 Å². The Kier molecular flexibility index (Phi) is 6.26. The Hall–Kier alpha value is -2.16. The monoisotopic (exact) mass is 415 g/mol. The molecule has 162 valence electrons. The van der Waals surface area contributed by atoms with Crippen molar-refractivity contribution in [2.75, 3.05) is 24.7 Å². The van der Waals surface area contributed by atoms with E-state index in [0.29, 0.717) is 17.9 Å². The topological polar surface area (TPSA) is 103 Å². The minimum absolute atomic E-state index is 0.451. The molecule has 0 amide bonds.